The van der Waals surface area contributed by atoms with Crippen molar-refractivity contribution < 1.29 is 9.21 Å². The quantitative estimate of drug-likeness (QED) is 0.462. The summed E-state index contributed by atoms with van der Waals surface area (Å²) in [5.41, 5.74) is 4.75. The molecule has 1 aromatic carbocycles. The zero-order valence-corrected chi connectivity index (χ0v) is 19.0. The summed E-state index contributed by atoms with van der Waals surface area (Å²) in [7, 11) is 0. The van der Waals surface area contributed by atoms with Crippen LogP contribution in [-0.4, -0.2) is 35.8 Å². The second kappa shape index (κ2) is 7.50. The van der Waals surface area contributed by atoms with Crippen molar-refractivity contribution in [2.45, 2.75) is 64.6 Å². The van der Waals surface area contributed by atoms with Crippen molar-refractivity contribution in [1.29, 1.82) is 0 Å². The van der Waals surface area contributed by atoms with Gasteiger partial charge in [-0.25, -0.2) is 9.67 Å². The lowest BCUT2D eigenvalue weighted by atomic mass is 9.93. The number of benzene rings is 1. The number of fused-ring (bicyclic) bond motifs is 2. The molecule has 33 heavy (non-hydrogen) atoms. The lowest BCUT2D eigenvalue weighted by molar-refractivity contribution is 0.0604. The molecule has 1 amide bonds. The molecule has 3 aromatic heterocycles. The SMILES string of the molecule is Cc1nnc(C2Cc3ccccc3CN2C(=O)c2cc(C3CC3)nc3c2cnn3C(C)C)o1. The third-order valence-corrected chi connectivity index (χ3v) is 6.64. The summed E-state index contributed by atoms with van der Waals surface area (Å²) in [5.74, 6) is 1.34. The number of amides is 1. The Morgan fingerprint density at radius 2 is 1.94 bits per heavy atom. The first kappa shape index (κ1) is 20.1. The highest BCUT2D eigenvalue weighted by atomic mass is 16.4. The molecule has 8 heteroatoms. The number of pyridine rings is 1. The van der Waals surface area contributed by atoms with Crippen LogP contribution in [0.25, 0.3) is 11.0 Å². The molecule has 8 nitrogen and oxygen atoms in total. The summed E-state index contributed by atoms with van der Waals surface area (Å²) in [6.07, 6.45) is 4.64. The predicted molar refractivity (Wildman–Crippen MR) is 122 cm³/mol. The number of rotatable bonds is 4. The Hall–Kier alpha value is -3.55. The Balaban J connectivity index is 1.48. The van der Waals surface area contributed by atoms with Crippen molar-refractivity contribution in [3.05, 3.63) is 70.7 Å². The van der Waals surface area contributed by atoms with Crippen LogP contribution < -0.4 is 0 Å². The smallest absolute Gasteiger partial charge is 0.255 e. The number of aryl methyl sites for hydroxylation is 1. The van der Waals surface area contributed by atoms with Crippen LogP contribution in [0.2, 0.25) is 0 Å². The summed E-state index contributed by atoms with van der Waals surface area (Å²) < 4.78 is 7.71. The van der Waals surface area contributed by atoms with Gasteiger partial charge in [0.25, 0.3) is 5.91 Å². The highest BCUT2D eigenvalue weighted by molar-refractivity contribution is 6.05. The summed E-state index contributed by atoms with van der Waals surface area (Å²) >= 11 is 0. The Labute approximate surface area is 191 Å². The van der Waals surface area contributed by atoms with E-state index in [9.17, 15) is 4.79 Å². The first-order valence-electron chi connectivity index (χ1n) is 11.6. The Morgan fingerprint density at radius 3 is 2.64 bits per heavy atom. The van der Waals surface area contributed by atoms with Crippen LogP contribution in [0.5, 0.6) is 0 Å². The topological polar surface area (TPSA) is 89.9 Å². The van der Waals surface area contributed by atoms with Gasteiger partial charge in [-0.3, -0.25) is 4.79 Å². The van der Waals surface area contributed by atoms with Crippen LogP contribution in [0.15, 0.2) is 40.9 Å². The van der Waals surface area contributed by atoms with E-state index in [2.05, 4.69) is 41.3 Å². The van der Waals surface area contributed by atoms with E-state index in [1.54, 1.807) is 13.1 Å². The maximum Gasteiger partial charge on any atom is 0.255 e. The fourth-order valence-corrected chi connectivity index (χ4v) is 4.74. The van der Waals surface area contributed by atoms with E-state index in [1.165, 1.54) is 5.56 Å². The van der Waals surface area contributed by atoms with Crippen molar-refractivity contribution in [3.8, 4) is 0 Å². The van der Waals surface area contributed by atoms with Crippen LogP contribution in [0, 0.1) is 6.92 Å². The Bertz CT molecular complexity index is 1370. The summed E-state index contributed by atoms with van der Waals surface area (Å²) in [6.45, 7) is 6.42. The Kier molecular flexibility index (Phi) is 4.57. The third-order valence-electron chi connectivity index (χ3n) is 6.64. The molecule has 1 aliphatic heterocycles. The van der Waals surface area contributed by atoms with E-state index >= 15 is 0 Å². The molecule has 1 fully saturated rings. The largest absolute Gasteiger partial charge is 0.423 e. The van der Waals surface area contributed by atoms with E-state index in [0.29, 0.717) is 36.2 Å². The van der Waals surface area contributed by atoms with E-state index in [0.717, 1.165) is 35.1 Å². The highest BCUT2D eigenvalue weighted by Gasteiger charge is 2.36. The lowest BCUT2D eigenvalue weighted by Gasteiger charge is -2.35. The Morgan fingerprint density at radius 1 is 1.15 bits per heavy atom. The maximum atomic E-state index is 14.2. The molecule has 1 unspecified atom stereocenters. The summed E-state index contributed by atoms with van der Waals surface area (Å²) in [5, 5.41) is 13.7. The molecular weight excluding hydrogens is 416 g/mol. The maximum absolute atomic E-state index is 14.2. The highest BCUT2D eigenvalue weighted by Crippen LogP contribution is 2.41. The first-order valence-corrected chi connectivity index (χ1v) is 11.6. The molecule has 0 N–H and O–H groups in total. The fraction of sp³-hybridized carbons (Fsp3) is 0.400. The van der Waals surface area contributed by atoms with Gasteiger partial charge in [-0.1, -0.05) is 24.3 Å². The van der Waals surface area contributed by atoms with E-state index in [1.807, 2.05) is 27.8 Å². The average Bonchev–Trinajstić information content (AvgIpc) is 3.43. The molecule has 0 spiro atoms. The molecule has 4 heterocycles. The van der Waals surface area contributed by atoms with Gasteiger partial charge in [-0.05, 0) is 43.9 Å². The van der Waals surface area contributed by atoms with Gasteiger partial charge in [-0.15, -0.1) is 10.2 Å². The summed E-state index contributed by atoms with van der Waals surface area (Å²) in [4.78, 5) is 20.9. The van der Waals surface area contributed by atoms with Crippen molar-refractivity contribution in [2.24, 2.45) is 0 Å². The van der Waals surface area contributed by atoms with Crippen LogP contribution in [0.3, 0.4) is 0 Å². The minimum atomic E-state index is -0.318. The number of carbonyl (C=O) groups excluding carboxylic acids is 1. The van der Waals surface area contributed by atoms with Crippen molar-refractivity contribution >= 4 is 16.9 Å². The number of hydrogen-bond acceptors (Lipinski definition) is 6. The first-order chi connectivity index (χ1) is 16.0. The molecule has 6 rings (SSSR count). The van der Waals surface area contributed by atoms with Gasteiger partial charge in [0, 0.05) is 37.5 Å². The molecule has 1 aliphatic carbocycles. The third kappa shape index (κ3) is 3.41. The van der Waals surface area contributed by atoms with E-state index in [4.69, 9.17) is 9.40 Å². The van der Waals surface area contributed by atoms with Gasteiger partial charge in [0.2, 0.25) is 11.8 Å². The second-order valence-electron chi connectivity index (χ2n) is 9.37. The van der Waals surface area contributed by atoms with Crippen molar-refractivity contribution in [3.63, 3.8) is 0 Å². The van der Waals surface area contributed by atoms with Gasteiger partial charge in [0.05, 0.1) is 17.1 Å². The molecular formula is C25H26N6O2. The monoisotopic (exact) mass is 442 g/mol. The van der Waals surface area contributed by atoms with E-state index < -0.39 is 0 Å². The molecule has 1 atom stereocenters. The van der Waals surface area contributed by atoms with Gasteiger partial charge >= 0.3 is 0 Å². The van der Waals surface area contributed by atoms with Crippen molar-refractivity contribution in [2.75, 3.05) is 0 Å². The summed E-state index contributed by atoms with van der Waals surface area (Å²) in [6, 6.07) is 10.0. The standard InChI is InChI=1S/C25H26N6O2/c1-14(2)31-23-20(12-26-31)19(11-21(27-23)16-8-9-16)25(32)30-13-18-7-5-4-6-17(18)10-22(30)24-29-28-15(3)33-24/h4-7,11-12,14,16,22H,8-10,13H2,1-3H3. The zero-order chi connectivity index (χ0) is 22.7. The minimum absolute atomic E-state index is 0.0528. The molecule has 4 aromatic rings. The normalized spacial score (nSPS) is 18.2. The van der Waals surface area contributed by atoms with Crippen LogP contribution >= 0.6 is 0 Å². The van der Waals surface area contributed by atoms with Gasteiger partial charge in [0.1, 0.15) is 6.04 Å². The molecule has 168 valence electrons. The molecule has 0 bridgehead atoms. The number of carbonyl (C=O) groups is 1. The number of aromatic nitrogens is 5. The molecule has 1 saturated carbocycles. The van der Waals surface area contributed by atoms with Crippen LogP contribution in [0.1, 0.15) is 83.7 Å². The van der Waals surface area contributed by atoms with Crippen LogP contribution in [0.4, 0.5) is 0 Å². The average molecular weight is 443 g/mol. The molecule has 0 radical (unpaired) electrons. The molecule has 0 saturated heterocycles. The lowest BCUT2D eigenvalue weighted by Crippen LogP contribution is -2.39. The van der Waals surface area contributed by atoms with Gasteiger partial charge < -0.3 is 9.32 Å². The minimum Gasteiger partial charge on any atom is -0.423 e. The van der Waals surface area contributed by atoms with Crippen molar-refractivity contribution in [1.82, 2.24) is 29.9 Å². The van der Waals surface area contributed by atoms with Crippen LogP contribution in [-0.2, 0) is 13.0 Å². The van der Waals surface area contributed by atoms with Gasteiger partial charge in [0.15, 0.2) is 5.65 Å². The predicted octanol–water partition coefficient (Wildman–Crippen LogP) is 4.52. The second-order valence-corrected chi connectivity index (χ2v) is 9.37. The number of hydrogen-bond donors (Lipinski definition) is 0. The number of nitrogens with zero attached hydrogens (tertiary/aromatic N) is 6. The van der Waals surface area contributed by atoms with Gasteiger partial charge in [-0.2, -0.15) is 5.10 Å². The zero-order valence-electron chi connectivity index (χ0n) is 19.0. The van der Waals surface area contributed by atoms with E-state index in [-0.39, 0.29) is 18.0 Å². The molecule has 2 aliphatic rings. The fourth-order valence-electron chi connectivity index (χ4n) is 4.74.